The van der Waals surface area contributed by atoms with E-state index >= 15 is 0 Å². The first kappa shape index (κ1) is 8.05. The fourth-order valence-electron chi connectivity index (χ4n) is 1.41. The Balaban J connectivity index is 2.48. The molecule has 0 aliphatic carbocycles. The van der Waals surface area contributed by atoms with Crippen LogP contribution >= 0.6 is 7.49 Å². The van der Waals surface area contributed by atoms with E-state index in [1.807, 2.05) is 13.6 Å². The van der Waals surface area contributed by atoms with Gasteiger partial charge in [-0.25, -0.2) is 0 Å². The van der Waals surface area contributed by atoms with Crippen LogP contribution in [0.3, 0.4) is 0 Å². The third-order valence-electron chi connectivity index (χ3n) is 1.92. The van der Waals surface area contributed by atoms with Crippen molar-refractivity contribution in [2.45, 2.75) is 13.3 Å². The Bertz CT molecular complexity index is 175. The third kappa shape index (κ3) is 1.97. The molecule has 2 unspecified atom stereocenters. The molecule has 2 heteroatoms. The van der Waals surface area contributed by atoms with Crippen LogP contribution in [0.15, 0.2) is 0 Å². The molecule has 1 aliphatic heterocycles. The second-order valence-corrected chi connectivity index (χ2v) is 6.62. The molecule has 0 saturated carbocycles. The molecule has 56 valence electrons. The van der Waals surface area contributed by atoms with Gasteiger partial charge >= 0.3 is 0 Å². The van der Waals surface area contributed by atoms with Crippen LogP contribution < -0.4 is 0 Å². The van der Waals surface area contributed by atoms with Gasteiger partial charge in [0.2, 0.25) is 0 Å². The summed E-state index contributed by atoms with van der Waals surface area (Å²) in [6.07, 6.45) is 3.10. The maximum atomic E-state index is 9.63. The summed E-state index contributed by atoms with van der Waals surface area (Å²) < 4.78 is 0. The lowest BCUT2D eigenvalue weighted by molar-refractivity contribution is 0.612. The Morgan fingerprint density at radius 1 is 1.60 bits per heavy atom. The van der Waals surface area contributed by atoms with E-state index in [1.165, 1.54) is 0 Å². The van der Waals surface area contributed by atoms with Gasteiger partial charge in [0.25, 0.3) is 0 Å². The van der Waals surface area contributed by atoms with Gasteiger partial charge in [-0.3, -0.25) is 4.89 Å². The molecule has 1 rings (SSSR count). The molecule has 1 N–H and O–H groups in total. The van der Waals surface area contributed by atoms with Crippen molar-refractivity contribution in [1.82, 2.24) is 0 Å². The SMILES string of the molecule is CC#CC1CC[P+](C)(O)C1. The average molecular weight is 157 g/mol. The van der Waals surface area contributed by atoms with E-state index in [9.17, 15) is 4.89 Å². The minimum absolute atomic E-state index is 0.494. The number of hydrogen-bond acceptors (Lipinski definition) is 1. The van der Waals surface area contributed by atoms with Crippen LogP contribution in [-0.4, -0.2) is 23.9 Å². The highest BCUT2D eigenvalue weighted by molar-refractivity contribution is 7.69. The molecule has 10 heavy (non-hydrogen) atoms. The van der Waals surface area contributed by atoms with Gasteiger partial charge in [-0.05, 0) is 6.92 Å². The molecule has 0 spiro atoms. The Labute approximate surface area is 63.3 Å². The minimum Gasteiger partial charge on any atom is -0.252 e. The fourth-order valence-corrected chi connectivity index (χ4v) is 3.69. The van der Waals surface area contributed by atoms with Crippen molar-refractivity contribution in [2.24, 2.45) is 5.92 Å². The molecule has 0 bridgehead atoms. The van der Waals surface area contributed by atoms with Crippen molar-refractivity contribution < 1.29 is 4.89 Å². The van der Waals surface area contributed by atoms with Crippen LogP contribution in [0.1, 0.15) is 13.3 Å². The van der Waals surface area contributed by atoms with Crippen molar-refractivity contribution >= 4 is 7.49 Å². The van der Waals surface area contributed by atoms with E-state index in [1.54, 1.807) is 0 Å². The molecule has 1 aliphatic rings. The number of rotatable bonds is 0. The van der Waals surface area contributed by atoms with E-state index in [2.05, 4.69) is 11.8 Å². The van der Waals surface area contributed by atoms with Crippen LogP contribution in [-0.2, 0) is 0 Å². The summed E-state index contributed by atoms with van der Waals surface area (Å²) in [4.78, 5) is 9.63. The predicted molar refractivity (Wildman–Crippen MR) is 46.4 cm³/mol. The zero-order valence-corrected chi connectivity index (χ0v) is 7.49. The van der Waals surface area contributed by atoms with Crippen LogP contribution in [0.5, 0.6) is 0 Å². The van der Waals surface area contributed by atoms with E-state index in [0.717, 1.165) is 18.7 Å². The molecule has 0 amide bonds. The summed E-state index contributed by atoms with van der Waals surface area (Å²) in [7, 11) is -1.48. The number of hydrogen-bond donors (Lipinski definition) is 1. The smallest absolute Gasteiger partial charge is 0.140 e. The second kappa shape index (κ2) is 2.91. The van der Waals surface area contributed by atoms with Crippen molar-refractivity contribution in [3.63, 3.8) is 0 Å². The topological polar surface area (TPSA) is 20.2 Å². The van der Waals surface area contributed by atoms with Crippen molar-refractivity contribution in [2.75, 3.05) is 19.0 Å². The maximum absolute atomic E-state index is 9.63. The van der Waals surface area contributed by atoms with Gasteiger partial charge in [-0.2, -0.15) is 0 Å². The lowest BCUT2D eigenvalue weighted by Crippen LogP contribution is -1.95. The van der Waals surface area contributed by atoms with Gasteiger partial charge in [-0.15, -0.1) is 5.92 Å². The quantitative estimate of drug-likeness (QED) is 0.418. The first-order valence-electron chi connectivity index (χ1n) is 3.63. The molecular formula is C8H14OP+. The largest absolute Gasteiger partial charge is 0.252 e. The Morgan fingerprint density at radius 3 is 2.70 bits per heavy atom. The van der Waals surface area contributed by atoms with Crippen molar-refractivity contribution in [3.8, 4) is 11.8 Å². The van der Waals surface area contributed by atoms with Gasteiger partial charge in [-0.1, -0.05) is 5.92 Å². The highest BCUT2D eigenvalue weighted by atomic mass is 31.2. The summed E-state index contributed by atoms with van der Waals surface area (Å²) in [5.41, 5.74) is 0. The summed E-state index contributed by atoms with van der Waals surface area (Å²) in [6.45, 7) is 3.87. The first-order valence-corrected chi connectivity index (χ1v) is 6.19. The predicted octanol–water partition coefficient (Wildman–Crippen LogP) is 1.58. The van der Waals surface area contributed by atoms with Crippen molar-refractivity contribution in [1.29, 1.82) is 0 Å². The van der Waals surface area contributed by atoms with Crippen LogP contribution in [0, 0.1) is 17.8 Å². The van der Waals surface area contributed by atoms with Gasteiger partial charge in [0.15, 0.2) is 0 Å². The second-order valence-electron chi connectivity index (χ2n) is 3.13. The van der Waals surface area contributed by atoms with E-state index < -0.39 is 7.49 Å². The van der Waals surface area contributed by atoms with Gasteiger partial charge < -0.3 is 0 Å². The third-order valence-corrected chi connectivity index (χ3v) is 4.37. The average Bonchev–Trinajstić information content (AvgIpc) is 2.12. The van der Waals surface area contributed by atoms with E-state index in [4.69, 9.17) is 0 Å². The molecule has 0 aromatic heterocycles. The highest BCUT2D eigenvalue weighted by Gasteiger charge is 2.39. The molecule has 2 atom stereocenters. The van der Waals surface area contributed by atoms with Crippen molar-refractivity contribution in [3.05, 3.63) is 0 Å². The molecule has 0 aromatic rings. The molecule has 0 aromatic carbocycles. The minimum atomic E-state index is -1.48. The molecular weight excluding hydrogens is 143 g/mol. The molecule has 1 saturated heterocycles. The van der Waals surface area contributed by atoms with Gasteiger partial charge in [0.05, 0.1) is 24.9 Å². The zero-order valence-electron chi connectivity index (χ0n) is 6.59. The van der Waals surface area contributed by atoms with Crippen LogP contribution in [0.4, 0.5) is 0 Å². The normalized spacial score (nSPS) is 38.9. The summed E-state index contributed by atoms with van der Waals surface area (Å²) in [5.74, 6) is 6.52. The van der Waals surface area contributed by atoms with Gasteiger partial charge in [0.1, 0.15) is 7.49 Å². The first-order chi connectivity index (χ1) is 4.64. The Kier molecular flexibility index (Phi) is 2.34. The van der Waals surface area contributed by atoms with Gasteiger partial charge in [0, 0.05) is 6.42 Å². The maximum Gasteiger partial charge on any atom is 0.140 e. The van der Waals surface area contributed by atoms with E-state index in [-0.39, 0.29) is 0 Å². The highest BCUT2D eigenvalue weighted by Crippen LogP contribution is 2.58. The lowest BCUT2D eigenvalue weighted by Gasteiger charge is -2.04. The molecule has 0 radical (unpaired) electrons. The summed E-state index contributed by atoms with van der Waals surface area (Å²) in [5, 5.41) is 0. The Hall–Kier alpha value is -0.0500. The molecule has 1 heterocycles. The summed E-state index contributed by atoms with van der Waals surface area (Å²) >= 11 is 0. The van der Waals surface area contributed by atoms with E-state index in [0.29, 0.717) is 5.92 Å². The zero-order chi connectivity index (χ0) is 7.61. The molecule has 1 fully saturated rings. The van der Waals surface area contributed by atoms with Crippen LogP contribution in [0.25, 0.3) is 0 Å². The standard InChI is InChI=1S/C8H14OP/c1-3-4-8-5-6-10(2,9)7-8/h8-9H,5-7H2,1-2H3/q+1. The fraction of sp³-hybridized carbons (Fsp3) is 0.750. The Morgan fingerprint density at radius 2 is 2.30 bits per heavy atom. The summed E-state index contributed by atoms with van der Waals surface area (Å²) in [6, 6.07) is 0. The lowest BCUT2D eigenvalue weighted by atomic mass is 10.1. The monoisotopic (exact) mass is 157 g/mol. The van der Waals surface area contributed by atoms with Crippen LogP contribution in [0.2, 0.25) is 0 Å². The molecule has 1 nitrogen and oxygen atoms in total.